The van der Waals surface area contributed by atoms with Gasteiger partial charge < -0.3 is 15.2 Å². The number of amides is 2. The first kappa shape index (κ1) is 18.7. The summed E-state index contributed by atoms with van der Waals surface area (Å²) in [7, 11) is 1.53. The summed E-state index contributed by atoms with van der Waals surface area (Å²) >= 11 is 5.80. The minimum Gasteiger partial charge on any atom is -0.354 e. The van der Waals surface area contributed by atoms with Crippen molar-refractivity contribution in [3.05, 3.63) is 51.8 Å². The van der Waals surface area contributed by atoms with E-state index in [1.54, 1.807) is 38.1 Å². The number of hydrogen-bond donors (Lipinski definition) is 2. The zero-order valence-corrected chi connectivity index (χ0v) is 15.3. The lowest BCUT2D eigenvalue weighted by molar-refractivity contribution is -0.116. The van der Waals surface area contributed by atoms with Crippen LogP contribution in [0.5, 0.6) is 0 Å². The number of ketones is 1. The molecule has 0 bridgehead atoms. The predicted octanol–water partition coefficient (Wildman–Crippen LogP) is 3.20. The number of nitrogens with zero attached hydrogens (tertiary/aromatic N) is 1. The average Bonchev–Trinajstić information content (AvgIpc) is 2.83. The number of aromatic nitrogens is 1. The predicted molar refractivity (Wildman–Crippen MR) is 97.3 cm³/mol. The van der Waals surface area contributed by atoms with E-state index in [2.05, 4.69) is 10.3 Å². The monoisotopic (exact) mass is 361 g/mol. The van der Waals surface area contributed by atoms with Gasteiger partial charge in [0.05, 0.1) is 6.54 Å². The number of nitrogens with one attached hydrogen (secondary N) is 2. The summed E-state index contributed by atoms with van der Waals surface area (Å²) in [6, 6.07) is 6.69. The van der Waals surface area contributed by atoms with Crippen molar-refractivity contribution >= 4 is 34.9 Å². The number of anilines is 1. The Balaban J connectivity index is 2.07. The maximum atomic E-state index is 12.6. The standard InChI is InChI=1S/C18H20ClN3O3/c1-10-16(12(3)23)11(2)20-17(10)18(25)22(4)9-15(24)21-14-7-5-13(19)6-8-14/h5-8,20H,9H2,1-4H3,(H,21,24). The first-order chi connectivity index (χ1) is 11.7. The highest BCUT2D eigenvalue weighted by atomic mass is 35.5. The van der Waals surface area contributed by atoms with Gasteiger partial charge in [-0.2, -0.15) is 0 Å². The van der Waals surface area contributed by atoms with Crippen LogP contribution in [-0.4, -0.2) is 41.1 Å². The van der Waals surface area contributed by atoms with Crippen LogP contribution in [0.1, 0.15) is 39.0 Å². The topological polar surface area (TPSA) is 82.3 Å². The molecule has 0 fully saturated rings. The van der Waals surface area contributed by atoms with E-state index in [0.717, 1.165) is 0 Å². The summed E-state index contributed by atoms with van der Waals surface area (Å²) in [5, 5.41) is 3.27. The second-order valence-corrected chi connectivity index (χ2v) is 6.33. The zero-order chi connectivity index (χ0) is 18.7. The van der Waals surface area contributed by atoms with E-state index < -0.39 is 0 Å². The largest absolute Gasteiger partial charge is 0.354 e. The van der Waals surface area contributed by atoms with Gasteiger partial charge in [-0.15, -0.1) is 0 Å². The molecule has 1 heterocycles. The van der Waals surface area contributed by atoms with Crippen molar-refractivity contribution in [1.29, 1.82) is 0 Å². The molecule has 1 aromatic heterocycles. The highest BCUT2D eigenvalue weighted by Gasteiger charge is 2.23. The maximum absolute atomic E-state index is 12.6. The first-order valence-corrected chi connectivity index (χ1v) is 8.09. The van der Waals surface area contributed by atoms with Crippen LogP contribution >= 0.6 is 11.6 Å². The van der Waals surface area contributed by atoms with E-state index >= 15 is 0 Å². The first-order valence-electron chi connectivity index (χ1n) is 7.71. The number of likely N-dealkylation sites (N-methyl/N-ethyl adjacent to an activating group) is 1. The number of H-pyrrole nitrogens is 1. The van der Waals surface area contributed by atoms with E-state index in [9.17, 15) is 14.4 Å². The van der Waals surface area contributed by atoms with Gasteiger partial charge in [-0.25, -0.2) is 0 Å². The van der Waals surface area contributed by atoms with Crippen LogP contribution in [0.2, 0.25) is 5.02 Å². The van der Waals surface area contributed by atoms with Gasteiger partial charge in [0.15, 0.2) is 5.78 Å². The molecule has 2 rings (SSSR count). The molecule has 0 saturated heterocycles. The SMILES string of the molecule is CC(=O)c1c(C)[nH]c(C(=O)N(C)CC(=O)Nc2ccc(Cl)cc2)c1C. The Hall–Kier alpha value is -2.60. The van der Waals surface area contributed by atoms with Crippen molar-refractivity contribution in [2.45, 2.75) is 20.8 Å². The molecule has 132 valence electrons. The van der Waals surface area contributed by atoms with E-state index in [4.69, 9.17) is 11.6 Å². The fraction of sp³-hybridized carbons (Fsp3) is 0.278. The number of hydrogen-bond acceptors (Lipinski definition) is 3. The molecule has 6 nitrogen and oxygen atoms in total. The number of benzene rings is 1. The Morgan fingerprint density at radius 1 is 1.16 bits per heavy atom. The smallest absolute Gasteiger partial charge is 0.270 e. The van der Waals surface area contributed by atoms with Crippen LogP contribution in [-0.2, 0) is 4.79 Å². The maximum Gasteiger partial charge on any atom is 0.270 e. The van der Waals surface area contributed by atoms with Crippen LogP contribution in [0.15, 0.2) is 24.3 Å². The van der Waals surface area contributed by atoms with Crippen molar-refractivity contribution in [3.8, 4) is 0 Å². The van der Waals surface area contributed by atoms with Gasteiger partial charge in [-0.05, 0) is 50.6 Å². The Kier molecular flexibility index (Phi) is 5.64. The van der Waals surface area contributed by atoms with Crippen molar-refractivity contribution in [2.75, 3.05) is 18.9 Å². The number of aryl methyl sites for hydroxylation is 1. The van der Waals surface area contributed by atoms with E-state index in [0.29, 0.717) is 33.2 Å². The lowest BCUT2D eigenvalue weighted by Gasteiger charge is -2.16. The average molecular weight is 362 g/mol. The van der Waals surface area contributed by atoms with E-state index in [1.807, 2.05) is 0 Å². The molecular formula is C18H20ClN3O3. The van der Waals surface area contributed by atoms with Gasteiger partial charge >= 0.3 is 0 Å². The molecule has 0 atom stereocenters. The normalized spacial score (nSPS) is 10.4. The van der Waals surface area contributed by atoms with E-state index in [-0.39, 0.29) is 24.1 Å². The minimum absolute atomic E-state index is 0.103. The minimum atomic E-state index is -0.348. The Morgan fingerprint density at radius 2 is 1.76 bits per heavy atom. The molecule has 0 radical (unpaired) electrons. The fourth-order valence-electron chi connectivity index (χ4n) is 2.70. The number of Topliss-reactive ketones (excluding diaryl/α,β-unsaturated/α-hetero) is 1. The molecule has 1 aromatic carbocycles. The van der Waals surface area contributed by atoms with Gasteiger partial charge in [0.25, 0.3) is 5.91 Å². The highest BCUT2D eigenvalue weighted by molar-refractivity contribution is 6.30. The number of carbonyl (C=O) groups excluding carboxylic acids is 3. The molecule has 25 heavy (non-hydrogen) atoms. The second-order valence-electron chi connectivity index (χ2n) is 5.90. The lowest BCUT2D eigenvalue weighted by atomic mass is 10.1. The van der Waals surface area contributed by atoms with Crippen molar-refractivity contribution in [3.63, 3.8) is 0 Å². The molecular weight excluding hydrogens is 342 g/mol. The molecule has 0 aliphatic rings. The summed E-state index contributed by atoms with van der Waals surface area (Å²) in [5.41, 5.74) is 2.68. The third kappa shape index (κ3) is 4.28. The zero-order valence-electron chi connectivity index (χ0n) is 14.6. The molecule has 0 spiro atoms. The molecule has 2 aromatic rings. The van der Waals surface area contributed by atoms with Crippen LogP contribution in [0, 0.1) is 13.8 Å². The van der Waals surface area contributed by atoms with Gasteiger partial charge in [0.1, 0.15) is 5.69 Å². The van der Waals surface area contributed by atoms with Crippen LogP contribution in [0.3, 0.4) is 0 Å². The number of carbonyl (C=O) groups is 3. The molecule has 0 saturated carbocycles. The number of rotatable bonds is 5. The summed E-state index contributed by atoms with van der Waals surface area (Å²) in [5.74, 6) is -0.779. The van der Waals surface area contributed by atoms with Crippen molar-refractivity contribution in [2.24, 2.45) is 0 Å². The quantitative estimate of drug-likeness (QED) is 0.802. The summed E-state index contributed by atoms with van der Waals surface area (Å²) in [6.07, 6.45) is 0. The summed E-state index contributed by atoms with van der Waals surface area (Å²) < 4.78 is 0. The number of aromatic amines is 1. The molecule has 0 aliphatic heterocycles. The van der Waals surface area contributed by atoms with Gasteiger partial charge in [-0.1, -0.05) is 11.6 Å². The fourth-order valence-corrected chi connectivity index (χ4v) is 2.83. The van der Waals surface area contributed by atoms with Crippen LogP contribution < -0.4 is 5.32 Å². The van der Waals surface area contributed by atoms with Crippen molar-refractivity contribution < 1.29 is 14.4 Å². The second kappa shape index (κ2) is 7.53. The Morgan fingerprint density at radius 3 is 2.28 bits per heavy atom. The number of halogens is 1. The lowest BCUT2D eigenvalue weighted by Crippen LogP contribution is -2.35. The van der Waals surface area contributed by atoms with Gasteiger partial charge in [0.2, 0.25) is 5.91 Å². The Labute approximate surface area is 151 Å². The third-order valence-electron chi connectivity index (χ3n) is 3.86. The molecule has 7 heteroatoms. The van der Waals surface area contributed by atoms with Gasteiger partial charge in [0, 0.05) is 29.0 Å². The molecule has 0 unspecified atom stereocenters. The van der Waals surface area contributed by atoms with Crippen molar-refractivity contribution in [1.82, 2.24) is 9.88 Å². The molecule has 2 N–H and O–H groups in total. The Bertz CT molecular complexity index is 825. The third-order valence-corrected chi connectivity index (χ3v) is 4.11. The van der Waals surface area contributed by atoms with Crippen LogP contribution in [0.4, 0.5) is 5.69 Å². The molecule has 2 amide bonds. The van der Waals surface area contributed by atoms with Gasteiger partial charge in [-0.3, -0.25) is 14.4 Å². The summed E-state index contributed by atoms with van der Waals surface area (Å²) in [6.45, 7) is 4.80. The summed E-state index contributed by atoms with van der Waals surface area (Å²) in [4.78, 5) is 40.6. The molecule has 0 aliphatic carbocycles. The van der Waals surface area contributed by atoms with E-state index in [1.165, 1.54) is 18.9 Å². The highest BCUT2D eigenvalue weighted by Crippen LogP contribution is 2.19. The van der Waals surface area contributed by atoms with Crippen LogP contribution in [0.25, 0.3) is 0 Å².